The quantitative estimate of drug-likeness (QED) is 0.400. The van der Waals surface area contributed by atoms with Gasteiger partial charge in [0, 0.05) is 16.7 Å². The van der Waals surface area contributed by atoms with Gasteiger partial charge < -0.3 is 5.73 Å². The van der Waals surface area contributed by atoms with Gasteiger partial charge in [-0.15, -0.1) is 0 Å². The number of nitrogen functional groups attached to an aromatic ring is 1. The van der Waals surface area contributed by atoms with E-state index in [2.05, 4.69) is 80.6 Å². The minimum absolute atomic E-state index is 0.0239. The van der Waals surface area contributed by atoms with Crippen LogP contribution >= 0.6 is 0 Å². The molecule has 2 N–H and O–H groups in total. The molecule has 0 aliphatic heterocycles. The van der Waals surface area contributed by atoms with Crippen LogP contribution in [-0.2, 0) is 5.41 Å². The maximum atomic E-state index is 6.35. The van der Waals surface area contributed by atoms with Crippen molar-refractivity contribution in [2.45, 2.75) is 19.3 Å². The molecule has 4 aromatic rings. The highest BCUT2D eigenvalue weighted by atomic mass is 14.6. The number of rotatable bonds is 1. The van der Waals surface area contributed by atoms with E-state index in [0.29, 0.717) is 0 Å². The molecule has 4 aromatic carbocycles. The van der Waals surface area contributed by atoms with Gasteiger partial charge in [-0.05, 0) is 44.7 Å². The first-order chi connectivity index (χ1) is 12.6. The molecule has 1 nitrogen and oxygen atoms in total. The standard InChI is InChI=1S/C25H21N/c1-25(2)20-11-5-3-10-19(20)24-18(17-9-4-6-13-22(17)26)15-14-16-8-7-12-21(25)23(16)24/h3-15H,26H2,1-2H3. The van der Waals surface area contributed by atoms with E-state index in [-0.39, 0.29) is 5.41 Å². The number of benzene rings is 4. The third kappa shape index (κ3) is 1.91. The first-order valence-electron chi connectivity index (χ1n) is 9.10. The van der Waals surface area contributed by atoms with Gasteiger partial charge in [-0.3, -0.25) is 0 Å². The molecule has 0 radical (unpaired) electrons. The van der Waals surface area contributed by atoms with E-state index in [1.54, 1.807) is 0 Å². The Morgan fingerprint density at radius 2 is 1.31 bits per heavy atom. The molecule has 0 saturated heterocycles. The largest absolute Gasteiger partial charge is 0.398 e. The van der Waals surface area contributed by atoms with Crippen molar-refractivity contribution >= 4 is 16.5 Å². The lowest BCUT2D eigenvalue weighted by molar-refractivity contribution is 0.645. The fourth-order valence-corrected chi connectivity index (χ4v) is 4.54. The first-order valence-corrected chi connectivity index (χ1v) is 9.10. The number of fused-ring (bicyclic) bond motifs is 2. The summed E-state index contributed by atoms with van der Waals surface area (Å²) in [5.74, 6) is 0. The van der Waals surface area contributed by atoms with Crippen LogP contribution < -0.4 is 5.73 Å². The Kier molecular flexibility index (Phi) is 3.05. The van der Waals surface area contributed by atoms with Crippen molar-refractivity contribution in [2.75, 3.05) is 5.73 Å². The molecule has 1 aliphatic rings. The summed E-state index contributed by atoms with van der Waals surface area (Å²) in [6, 6.07) is 28.1. The number of anilines is 1. The first kappa shape index (κ1) is 15.2. The van der Waals surface area contributed by atoms with Crippen molar-refractivity contribution in [3.63, 3.8) is 0 Å². The van der Waals surface area contributed by atoms with Crippen LogP contribution in [0.1, 0.15) is 25.0 Å². The number of nitrogens with two attached hydrogens (primary N) is 1. The molecule has 0 fully saturated rings. The van der Waals surface area contributed by atoms with Crippen LogP contribution in [0, 0.1) is 0 Å². The molecule has 0 heterocycles. The van der Waals surface area contributed by atoms with Crippen molar-refractivity contribution in [2.24, 2.45) is 0 Å². The van der Waals surface area contributed by atoms with Crippen molar-refractivity contribution in [1.29, 1.82) is 0 Å². The molecule has 0 spiro atoms. The van der Waals surface area contributed by atoms with Crippen LogP contribution in [0.25, 0.3) is 33.0 Å². The second-order valence-electron chi connectivity index (χ2n) is 7.65. The Morgan fingerprint density at radius 1 is 0.615 bits per heavy atom. The Labute approximate surface area is 154 Å². The van der Waals surface area contributed by atoms with Gasteiger partial charge in [0.05, 0.1) is 0 Å². The third-order valence-corrected chi connectivity index (χ3v) is 5.84. The van der Waals surface area contributed by atoms with E-state index < -0.39 is 0 Å². The van der Waals surface area contributed by atoms with Gasteiger partial charge in [-0.2, -0.15) is 0 Å². The lowest BCUT2D eigenvalue weighted by Gasteiger charge is -2.36. The van der Waals surface area contributed by atoms with E-state index in [4.69, 9.17) is 5.73 Å². The average molecular weight is 335 g/mol. The maximum absolute atomic E-state index is 6.35. The lowest BCUT2D eigenvalue weighted by atomic mass is 9.67. The minimum Gasteiger partial charge on any atom is -0.398 e. The highest BCUT2D eigenvalue weighted by Gasteiger charge is 2.34. The normalized spacial score (nSPS) is 14.2. The molecular weight excluding hydrogens is 314 g/mol. The van der Waals surface area contributed by atoms with Gasteiger partial charge in [0.2, 0.25) is 0 Å². The summed E-state index contributed by atoms with van der Waals surface area (Å²) in [5.41, 5.74) is 14.9. The number of hydrogen-bond donors (Lipinski definition) is 1. The van der Waals surface area contributed by atoms with Crippen LogP contribution in [0.15, 0.2) is 78.9 Å². The van der Waals surface area contributed by atoms with Crippen LogP contribution in [0.5, 0.6) is 0 Å². The molecule has 0 aromatic heterocycles. The van der Waals surface area contributed by atoms with E-state index in [0.717, 1.165) is 11.3 Å². The highest BCUT2D eigenvalue weighted by Crippen LogP contribution is 2.51. The van der Waals surface area contributed by atoms with E-state index >= 15 is 0 Å². The third-order valence-electron chi connectivity index (χ3n) is 5.84. The molecule has 26 heavy (non-hydrogen) atoms. The zero-order valence-corrected chi connectivity index (χ0v) is 15.1. The Balaban J connectivity index is 2.01. The van der Waals surface area contributed by atoms with Crippen molar-refractivity contribution in [3.8, 4) is 22.3 Å². The van der Waals surface area contributed by atoms with E-state index in [9.17, 15) is 0 Å². The van der Waals surface area contributed by atoms with Crippen LogP contribution in [0.3, 0.4) is 0 Å². The summed E-state index contributed by atoms with van der Waals surface area (Å²) in [5, 5.41) is 2.65. The SMILES string of the molecule is CC1(C)c2ccccc2-c2c(-c3ccccc3N)ccc3cccc1c23. The zero-order chi connectivity index (χ0) is 17.9. The summed E-state index contributed by atoms with van der Waals surface area (Å²) in [6.07, 6.45) is 0. The van der Waals surface area contributed by atoms with Gasteiger partial charge in [0.15, 0.2) is 0 Å². The van der Waals surface area contributed by atoms with Crippen molar-refractivity contribution < 1.29 is 0 Å². The predicted molar refractivity (Wildman–Crippen MR) is 111 cm³/mol. The van der Waals surface area contributed by atoms with E-state index in [1.165, 1.54) is 38.6 Å². The highest BCUT2D eigenvalue weighted by molar-refractivity contribution is 6.10. The summed E-state index contributed by atoms with van der Waals surface area (Å²) in [7, 11) is 0. The maximum Gasteiger partial charge on any atom is 0.0393 e. The van der Waals surface area contributed by atoms with Gasteiger partial charge in [-0.25, -0.2) is 0 Å². The monoisotopic (exact) mass is 335 g/mol. The van der Waals surface area contributed by atoms with Gasteiger partial charge in [0.1, 0.15) is 0 Å². The van der Waals surface area contributed by atoms with Crippen LogP contribution in [-0.4, -0.2) is 0 Å². The average Bonchev–Trinajstić information content (AvgIpc) is 2.66. The molecule has 0 amide bonds. The topological polar surface area (TPSA) is 26.0 Å². The molecular formula is C25H21N. The second-order valence-corrected chi connectivity index (χ2v) is 7.65. The molecule has 0 atom stereocenters. The second kappa shape index (κ2) is 5.22. The van der Waals surface area contributed by atoms with Gasteiger partial charge in [-0.1, -0.05) is 86.6 Å². The zero-order valence-electron chi connectivity index (χ0n) is 15.1. The van der Waals surface area contributed by atoms with Crippen molar-refractivity contribution in [1.82, 2.24) is 0 Å². The summed E-state index contributed by atoms with van der Waals surface area (Å²) >= 11 is 0. The van der Waals surface area contributed by atoms with Gasteiger partial charge >= 0.3 is 0 Å². The number of hydrogen-bond acceptors (Lipinski definition) is 1. The summed E-state index contributed by atoms with van der Waals surface area (Å²) in [6.45, 7) is 4.65. The fraction of sp³-hybridized carbons (Fsp3) is 0.120. The molecule has 0 saturated carbocycles. The Morgan fingerprint density at radius 3 is 2.12 bits per heavy atom. The Bertz CT molecular complexity index is 1170. The van der Waals surface area contributed by atoms with Crippen molar-refractivity contribution in [3.05, 3.63) is 90.0 Å². The summed E-state index contributed by atoms with van der Waals surface area (Å²) in [4.78, 5) is 0. The smallest absolute Gasteiger partial charge is 0.0393 e. The van der Waals surface area contributed by atoms with Crippen LogP contribution in [0.4, 0.5) is 5.69 Å². The minimum atomic E-state index is -0.0239. The predicted octanol–water partition coefficient (Wildman–Crippen LogP) is 6.40. The molecule has 126 valence electrons. The van der Waals surface area contributed by atoms with E-state index in [1.807, 2.05) is 12.1 Å². The van der Waals surface area contributed by atoms with Crippen LogP contribution in [0.2, 0.25) is 0 Å². The van der Waals surface area contributed by atoms with Gasteiger partial charge in [0.25, 0.3) is 0 Å². The Hall–Kier alpha value is -3.06. The lowest BCUT2D eigenvalue weighted by Crippen LogP contribution is -2.23. The number of para-hydroxylation sites is 1. The molecule has 0 unspecified atom stereocenters. The fourth-order valence-electron chi connectivity index (χ4n) is 4.54. The molecule has 0 bridgehead atoms. The molecule has 1 heteroatoms. The summed E-state index contributed by atoms with van der Waals surface area (Å²) < 4.78 is 0. The molecule has 1 aliphatic carbocycles. The molecule has 5 rings (SSSR count).